The van der Waals surface area contributed by atoms with Crippen molar-refractivity contribution in [3.05, 3.63) is 78.6 Å². The van der Waals surface area contributed by atoms with Gasteiger partial charge in [0, 0.05) is 41.9 Å². The Balaban J connectivity index is 1.30. The fourth-order valence-electron chi connectivity index (χ4n) is 3.10. The molecular weight excluding hydrogens is 452 g/mol. The number of ether oxygens (including phenoxy) is 1. The average Bonchev–Trinajstić information content (AvgIpc) is 3.24. The number of carbonyl (C=O) groups excluding carboxylic acids is 2. The highest BCUT2D eigenvalue weighted by atomic mass is 32.2. The molecular formula is C24H22N6O3S. The summed E-state index contributed by atoms with van der Waals surface area (Å²) in [7, 11) is 3.43. The van der Waals surface area contributed by atoms with Crippen molar-refractivity contribution >= 4 is 35.0 Å². The van der Waals surface area contributed by atoms with E-state index in [1.807, 2.05) is 23.7 Å². The number of nitrogens with one attached hydrogen (secondary N) is 2. The van der Waals surface area contributed by atoms with Gasteiger partial charge >= 0.3 is 0 Å². The number of carbonyl (C=O) groups is 2. The second-order valence-electron chi connectivity index (χ2n) is 7.20. The topological polar surface area (TPSA) is 111 Å². The van der Waals surface area contributed by atoms with E-state index in [0.29, 0.717) is 33.7 Å². The Kier molecular flexibility index (Phi) is 7.19. The fraction of sp³-hybridized carbons (Fsp3) is 0.125. The molecule has 10 heteroatoms. The number of amides is 2. The summed E-state index contributed by atoms with van der Waals surface area (Å²) in [5, 5.41) is 14.6. The molecule has 9 nitrogen and oxygen atoms in total. The zero-order valence-corrected chi connectivity index (χ0v) is 19.4. The minimum atomic E-state index is -0.245. The third-order valence-electron chi connectivity index (χ3n) is 4.87. The first-order chi connectivity index (χ1) is 16.5. The summed E-state index contributed by atoms with van der Waals surface area (Å²) in [6.07, 6.45) is 3.41. The standard InChI is InChI=1S/C24H22N6O3S/c1-30-22(17-4-3-13-25-14-17)28-29-24(30)34-15-21(31)26-18-7-5-16(6-8-18)23(32)27-19-9-11-20(33-2)12-10-19/h3-14H,15H2,1-2H3,(H,26,31)(H,27,32). The van der Waals surface area contributed by atoms with Gasteiger partial charge in [-0.05, 0) is 60.7 Å². The third-order valence-corrected chi connectivity index (χ3v) is 5.89. The van der Waals surface area contributed by atoms with Crippen LogP contribution in [-0.4, -0.2) is 44.4 Å². The maximum absolute atomic E-state index is 12.4. The zero-order chi connectivity index (χ0) is 23.9. The molecule has 0 aliphatic carbocycles. The highest BCUT2D eigenvalue weighted by molar-refractivity contribution is 7.99. The summed E-state index contributed by atoms with van der Waals surface area (Å²) in [5.74, 6) is 1.12. The summed E-state index contributed by atoms with van der Waals surface area (Å²) in [6.45, 7) is 0. The van der Waals surface area contributed by atoms with Crippen LogP contribution >= 0.6 is 11.8 Å². The summed E-state index contributed by atoms with van der Waals surface area (Å²) in [6, 6.07) is 17.5. The molecule has 0 saturated heterocycles. The first kappa shape index (κ1) is 23.0. The second kappa shape index (κ2) is 10.6. The largest absolute Gasteiger partial charge is 0.497 e. The Labute approximate surface area is 200 Å². The van der Waals surface area contributed by atoms with Gasteiger partial charge in [0.25, 0.3) is 5.91 Å². The molecule has 2 heterocycles. The monoisotopic (exact) mass is 474 g/mol. The SMILES string of the molecule is COc1ccc(NC(=O)c2ccc(NC(=O)CSc3nnc(-c4cccnc4)n3C)cc2)cc1. The molecule has 0 aliphatic rings. The predicted octanol–water partition coefficient (Wildman–Crippen LogP) is 3.87. The van der Waals surface area contributed by atoms with Gasteiger partial charge < -0.3 is 19.9 Å². The van der Waals surface area contributed by atoms with Gasteiger partial charge in [-0.25, -0.2) is 0 Å². The van der Waals surface area contributed by atoms with E-state index >= 15 is 0 Å². The molecule has 0 spiro atoms. The molecule has 0 saturated carbocycles. The summed E-state index contributed by atoms with van der Waals surface area (Å²) in [5.41, 5.74) is 2.59. The van der Waals surface area contributed by atoms with Crippen LogP contribution in [0.4, 0.5) is 11.4 Å². The second-order valence-corrected chi connectivity index (χ2v) is 8.15. The highest BCUT2D eigenvalue weighted by Crippen LogP contribution is 2.22. The lowest BCUT2D eigenvalue weighted by Gasteiger charge is -2.08. The van der Waals surface area contributed by atoms with Crippen molar-refractivity contribution in [1.82, 2.24) is 19.7 Å². The number of rotatable bonds is 8. The van der Waals surface area contributed by atoms with Crippen LogP contribution in [0.2, 0.25) is 0 Å². The van der Waals surface area contributed by atoms with Gasteiger partial charge in [0.2, 0.25) is 5.91 Å². The minimum absolute atomic E-state index is 0.165. The van der Waals surface area contributed by atoms with Crippen LogP contribution in [-0.2, 0) is 11.8 Å². The van der Waals surface area contributed by atoms with E-state index in [1.54, 1.807) is 68.0 Å². The number of hydrogen-bond donors (Lipinski definition) is 2. The number of nitrogens with zero attached hydrogens (tertiary/aromatic N) is 4. The van der Waals surface area contributed by atoms with Crippen molar-refractivity contribution in [1.29, 1.82) is 0 Å². The Morgan fingerprint density at radius 2 is 1.68 bits per heavy atom. The molecule has 4 rings (SSSR count). The molecule has 2 aromatic heterocycles. The molecule has 0 atom stereocenters. The van der Waals surface area contributed by atoms with E-state index < -0.39 is 0 Å². The van der Waals surface area contributed by atoms with Crippen molar-refractivity contribution in [3.63, 3.8) is 0 Å². The molecule has 2 aromatic carbocycles. The van der Waals surface area contributed by atoms with Crippen molar-refractivity contribution in [3.8, 4) is 17.1 Å². The Bertz CT molecular complexity index is 1270. The van der Waals surface area contributed by atoms with Crippen LogP contribution in [0.5, 0.6) is 5.75 Å². The average molecular weight is 475 g/mol. The lowest BCUT2D eigenvalue weighted by molar-refractivity contribution is -0.113. The molecule has 2 amide bonds. The highest BCUT2D eigenvalue weighted by Gasteiger charge is 2.13. The maximum atomic E-state index is 12.4. The fourth-order valence-corrected chi connectivity index (χ4v) is 3.81. The van der Waals surface area contributed by atoms with Crippen LogP contribution in [0, 0.1) is 0 Å². The molecule has 0 fully saturated rings. The number of hydrogen-bond acceptors (Lipinski definition) is 7. The molecule has 0 aliphatic heterocycles. The number of anilines is 2. The number of pyridine rings is 1. The molecule has 34 heavy (non-hydrogen) atoms. The Morgan fingerprint density at radius 1 is 0.971 bits per heavy atom. The lowest BCUT2D eigenvalue weighted by Crippen LogP contribution is -2.15. The van der Waals surface area contributed by atoms with E-state index in [9.17, 15) is 9.59 Å². The summed E-state index contributed by atoms with van der Waals surface area (Å²) >= 11 is 1.29. The van der Waals surface area contributed by atoms with Gasteiger partial charge in [0.15, 0.2) is 11.0 Å². The van der Waals surface area contributed by atoms with Gasteiger partial charge in [-0.1, -0.05) is 11.8 Å². The van der Waals surface area contributed by atoms with Gasteiger partial charge in [-0.15, -0.1) is 10.2 Å². The first-order valence-corrected chi connectivity index (χ1v) is 11.3. The molecule has 0 bridgehead atoms. The first-order valence-electron chi connectivity index (χ1n) is 10.3. The number of benzene rings is 2. The number of methoxy groups -OCH3 is 1. The maximum Gasteiger partial charge on any atom is 0.255 e. The van der Waals surface area contributed by atoms with Gasteiger partial charge in [-0.2, -0.15) is 0 Å². The smallest absolute Gasteiger partial charge is 0.255 e. The van der Waals surface area contributed by atoms with E-state index in [2.05, 4.69) is 25.8 Å². The van der Waals surface area contributed by atoms with Crippen LogP contribution in [0.1, 0.15) is 10.4 Å². The van der Waals surface area contributed by atoms with Gasteiger partial charge in [0.1, 0.15) is 5.75 Å². The summed E-state index contributed by atoms with van der Waals surface area (Å²) in [4.78, 5) is 28.9. The molecule has 0 unspecified atom stereocenters. The molecule has 2 N–H and O–H groups in total. The Hall–Kier alpha value is -4.18. The van der Waals surface area contributed by atoms with Crippen molar-refractivity contribution in [2.24, 2.45) is 7.05 Å². The van der Waals surface area contributed by atoms with Crippen LogP contribution in [0.25, 0.3) is 11.4 Å². The molecule has 172 valence electrons. The van der Waals surface area contributed by atoms with Crippen molar-refractivity contribution < 1.29 is 14.3 Å². The molecule has 0 radical (unpaired) electrons. The van der Waals surface area contributed by atoms with Crippen molar-refractivity contribution in [2.45, 2.75) is 5.16 Å². The van der Waals surface area contributed by atoms with E-state index in [0.717, 1.165) is 5.56 Å². The predicted molar refractivity (Wildman–Crippen MR) is 131 cm³/mol. The number of aromatic nitrogens is 4. The van der Waals surface area contributed by atoms with E-state index in [4.69, 9.17) is 4.74 Å². The normalized spacial score (nSPS) is 10.5. The van der Waals surface area contributed by atoms with Crippen LogP contribution in [0.15, 0.2) is 78.2 Å². The van der Waals surface area contributed by atoms with Gasteiger partial charge in [0.05, 0.1) is 12.9 Å². The minimum Gasteiger partial charge on any atom is -0.497 e. The lowest BCUT2D eigenvalue weighted by atomic mass is 10.2. The Morgan fingerprint density at radius 3 is 2.35 bits per heavy atom. The third kappa shape index (κ3) is 5.59. The zero-order valence-electron chi connectivity index (χ0n) is 18.6. The van der Waals surface area contributed by atoms with Crippen LogP contribution in [0.3, 0.4) is 0 Å². The number of thioether (sulfide) groups is 1. The van der Waals surface area contributed by atoms with Crippen molar-refractivity contribution in [2.75, 3.05) is 23.5 Å². The summed E-state index contributed by atoms with van der Waals surface area (Å²) < 4.78 is 6.94. The molecule has 4 aromatic rings. The quantitative estimate of drug-likeness (QED) is 0.373. The van der Waals surface area contributed by atoms with Gasteiger partial charge in [-0.3, -0.25) is 14.6 Å². The van der Waals surface area contributed by atoms with E-state index in [1.165, 1.54) is 11.8 Å². The van der Waals surface area contributed by atoms with E-state index in [-0.39, 0.29) is 17.6 Å². The van der Waals surface area contributed by atoms with Crippen LogP contribution < -0.4 is 15.4 Å².